The van der Waals surface area contributed by atoms with Gasteiger partial charge in [0.25, 0.3) is 5.91 Å². The van der Waals surface area contributed by atoms with Crippen LogP contribution in [0.4, 0.5) is 6.01 Å². The smallest absolute Gasteiger partial charge is 0.322 e. The molecule has 0 saturated carbocycles. The van der Waals surface area contributed by atoms with Gasteiger partial charge in [0.15, 0.2) is 0 Å². The van der Waals surface area contributed by atoms with Crippen molar-refractivity contribution in [2.75, 3.05) is 11.9 Å². The first kappa shape index (κ1) is 18.6. The summed E-state index contributed by atoms with van der Waals surface area (Å²) in [5.74, 6) is -0.300. The van der Waals surface area contributed by atoms with Crippen molar-refractivity contribution in [3.8, 4) is 5.75 Å². The first-order chi connectivity index (χ1) is 13.1. The van der Waals surface area contributed by atoms with E-state index in [0.717, 1.165) is 17.7 Å². The highest BCUT2D eigenvalue weighted by Crippen LogP contribution is 2.18. The van der Waals surface area contributed by atoms with Crippen LogP contribution in [0.15, 0.2) is 28.7 Å². The number of carbonyl (C=O) groups excluding carboxylic acids is 3. The van der Waals surface area contributed by atoms with Crippen molar-refractivity contribution in [3.63, 3.8) is 0 Å². The quantitative estimate of drug-likeness (QED) is 0.558. The maximum atomic E-state index is 12.3. The van der Waals surface area contributed by atoms with Gasteiger partial charge >= 0.3 is 6.01 Å². The van der Waals surface area contributed by atoms with Crippen molar-refractivity contribution in [1.82, 2.24) is 15.1 Å². The molecule has 1 N–H and O–H groups in total. The number of benzene rings is 1. The molecule has 2 aromatic rings. The molecular formula is C18H20N4O5. The fourth-order valence-corrected chi connectivity index (χ4v) is 2.53. The fourth-order valence-electron chi connectivity index (χ4n) is 2.53. The maximum absolute atomic E-state index is 12.3. The molecule has 0 atom stereocenters. The van der Waals surface area contributed by atoms with Gasteiger partial charge in [0, 0.05) is 18.4 Å². The van der Waals surface area contributed by atoms with Crippen molar-refractivity contribution in [3.05, 3.63) is 35.7 Å². The number of hydrogen-bond acceptors (Lipinski definition) is 7. The minimum absolute atomic E-state index is 0.0746. The van der Waals surface area contributed by atoms with E-state index < -0.39 is 5.91 Å². The largest absolute Gasteiger partial charge is 0.494 e. The Morgan fingerprint density at radius 3 is 2.78 bits per heavy atom. The van der Waals surface area contributed by atoms with Gasteiger partial charge in [-0.15, -0.1) is 5.10 Å². The Hall–Kier alpha value is -3.23. The molecule has 1 aromatic carbocycles. The second-order valence-corrected chi connectivity index (χ2v) is 6.06. The van der Waals surface area contributed by atoms with Gasteiger partial charge in [-0.25, -0.2) is 0 Å². The van der Waals surface area contributed by atoms with Crippen molar-refractivity contribution in [2.24, 2.45) is 0 Å². The number of ether oxygens (including phenoxy) is 1. The lowest BCUT2D eigenvalue weighted by Gasteiger charge is -2.09. The minimum Gasteiger partial charge on any atom is -0.494 e. The molecule has 3 rings (SSSR count). The Morgan fingerprint density at radius 2 is 2.04 bits per heavy atom. The van der Waals surface area contributed by atoms with Crippen LogP contribution in [0.5, 0.6) is 5.75 Å². The summed E-state index contributed by atoms with van der Waals surface area (Å²) in [5.41, 5.74) is 0.383. The van der Waals surface area contributed by atoms with E-state index in [-0.39, 0.29) is 43.1 Å². The molecule has 1 saturated heterocycles. The number of nitrogens with one attached hydrogen (secondary N) is 1. The Balaban J connectivity index is 1.60. The number of aromatic nitrogens is 2. The molecule has 0 unspecified atom stereocenters. The van der Waals surface area contributed by atoms with Gasteiger partial charge in [0.1, 0.15) is 12.3 Å². The highest BCUT2D eigenvalue weighted by atomic mass is 16.5. The number of likely N-dealkylation sites (tertiary alicyclic amines) is 1. The van der Waals surface area contributed by atoms with Crippen molar-refractivity contribution < 1.29 is 23.5 Å². The normalized spacial score (nSPS) is 13.9. The highest BCUT2D eigenvalue weighted by Gasteiger charge is 2.30. The number of hydrogen-bond donors (Lipinski definition) is 1. The maximum Gasteiger partial charge on any atom is 0.322 e. The van der Waals surface area contributed by atoms with E-state index in [1.807, 2.05) is 0 Å². The molecule has 1 fully saturated rings. The second kappa shape index (κ2) is 8.43. The van der Waals surface area contributed by atoms with Crippen LogP contribution in [0, 0.1) is 0 Å². The molecule has 0 spiro atoms. The molecule has 142 valence electrons. The summed E-state index contributed by atoms with van der Waals surface area (Å²) in [5, 5.41) is 9.99. The topological polar surface area (TPSA) is 115 Å². The molecule has 9 nitrogen and oxygen atoms in total. The van der Waals surface area contributed by atoms with Gasteiger partial charge in [-0.05, 0) is 24.6 Å². The number of nitrogens with zero attached hydrogens (tertiary/aromatic N) is 3. The summed E-state index contributed by atoms with van der Waals surface area (Å²) < 4.78 is 10.9. The lowest BCUT2D eigenvalue weighted by Crippen LogP contribution is -2.28. The zero-order valence-corrected chi connectivity index (χ0v) is 14.9. The number of unbranched alkanes of at least 4 members (excludes halogenated alkanes) is 1. The second-order valence-electron chi connectivity index (χ2n) is 6.06. The predicted octanol–water partition coefficient (Wildman–Crippen LogP) is 2.15. The summed E-state index contributed by atoms with van der Waals surface area (Å²) >= 11 is 0. The van der Waals surface area contributed by atoms with Gasteiger partial charge in [-0.1, -0.05) is 24.5 Å². The third-order valence-electron chi connectivity index (χ3n) is 4.00. The first-order valence-corrected chi connectivity index (χ1v) is 8.76. The van der Waals surface area contributed by atoms with Gasteiger partial charge in [-0.3, -0.25) is 24.6 Å². The van der Waals surface area contributed by atoms with Crippen LogP contribution in [0.25, 0.3) is 0 Å². The zero-order valence-electron chi connectivity index (χ0n) is 14.9. The summed E-state index contributed by atoms with van der Waals surface area (Å²) in [6.07, 6.45) is 2.33. The monoisotopic (exact) mass is 372 g/mol. The van der Waals surface area contributed by atoms with Crippen molar-refractivity contribution >= 4 is 23.7 Å². The first-order valence-electron chi connectivity index (χ1n) is 8.76. The van der Waals surface area contributed by atoms with Gasteiger partial charge in [-0.2, -0.15) is 0 Å². The SMILES string of the molecule is CCCCOc1cccc(C(=O)Nc2nnc(CN3C(=O)CCC3=O)o2)c1. The van der Waals surface area contributed by atoms with Crippen LogP contribution in [0.1, 0.15) is 48.9 Å². The zero-order chi connectivity index (χ0) is 19.2. The van der Waals surface area contributed by atoms with Crippen LogP contribution in [0.2, 0.25) is 0 Å². The van der Waals surface area contributed by atoms with E-state index in [1.54, 1.807) is 24.3 Å². The summed E-state index contributed by atoms with van der Waals surface area (Å²) in [4.78, 5) is 36.6. The van der Waals surface area contributed by atoms with E-state index in [9.17, 15) is 14.4 Å². The molecule has 9 heteroatoms. The van der Waals surface area contributed by atoms with E-state index >= 15 is 0 Å². The number of amides is 3. The standard InChI is InChI=1S/C18H20N4O5/c1-2-3-9-26-13-6-4-5-12(10-13)17(25)19-18-21-20-14(27-18)11-22-15(23)7-8-16(22)24/h4-6,10H,2-3,7-9,11H2,1H3,(H,19,21,25). The van der Waals surface area contributed by atoms with Crippen LogP contribution in [0.3, 0.4) is 0 Å². The molecule has 0 bridgehead atoms. The summed E-state index contributed by atoms with van der Waals surface area (Å²) in [7, 11) is 0. The number of carbonyl (C=O) groups is 3. The number of rotatable bonds is 8. The third-order valence-corrected chi connectivity index (χ3v) is 4.00. The average molecular weight is 372 g/mol. The molecule has 1 aliphatic rings. The van der Waals surface area contributed by atoms with Crippen LogP contribution < -0.4 is 10.1 Å². The number of imide groups is 1. The van der Waals surface area contributed by atoms with Crippen molar-refractivity contribution in [1.29, 1.82) is 0 Å². The lowest BCUT2D eigenvalue weighted by molar-refractivity contribution is -0.139. The predicted molar refractivity (Wildman–Crippen MR) is 93.9 cm³/mol. The molecule has 0 aliphatic carbocycles. The van der Waals surface area contributed by atoms with Crippen LogP contribution in [-0.2, 0) is 16.1 Å². The molecule has 1 aliphatic heterocycles. The Bertz CT molecular complexity index is 832. The van der Waals surface area contributed by atoms with Crippen LogP contribution in [-0.4, -0.2) is 39.4 Å². The Labute approximate surface area is 155 Å². The highest BCUT2D eigenvalue weighted by molar-refractivity contribution is 6.03. The molecule has 2 heterocycles. The molecular weight excluding hydrogens is 352 g/mol. The van der Waals surface area contributed by atoms with Crippen molar-refractivity contribution in [2.45, 2.75) is 39.2 Å². The van der Waals surface area contributed by atoms with Crippen LogP contribution >= 0.6 is 0 Å². The number of anilines is 1. The van der Waals surface area contributed by atoms with Gasteiger partial charge < -0.3 is 9.15 Å². The van der Waals surface area contributed by atoms with E-state index in [0.29, 0.717) is 17.9 Å². The average Bonchev–Trinajstić information content (AvgIpc) is 3.23. The Kier molecular flexibility index (Phi) is 5.80. The van der Waals surface area contributed by atoms with E-state index in [4.69, 9.17) is 9.15 Å². The van der Waals surface area contributed by atoms with Gasteiger partial charge in [0.2, 0.25) is 17.7 Å². The van der Waals surface area contributed by atoms with E-state index in [1.165, 1.54) is 0 Å². The molecule has 0 radical (unpaired) electrons. The van der Waals surface area contributed by atoms with E-state index in [2.05, 4.69) is 22.4 Å². The molecule has 1 aromatic heterocycles. The summed E-state index contributed by atoms with van der Waals surface area (Å²) in [6.45, 7) is 2.56. The molecule has 3 amide bonds. The molecule has 27 heavy (non-hydrogen) atoms. The minimum atomic E-state index is -0.431. The lowest BCUT2D eigenvalue weighted by atomic mass is 10.2. The Morgan fingerprint density at radius 1 is 1.26 bits per heavy atom. The third kappa shape index (κ3) is 4.69. The summed E-state index contributed by atoms with van der Waals surface area (Å²) in [6, 6.07) is 6.66. The van der Waals surface area contributed by atoms with Gasteiger partial charge in [0.05, 0.1) is 6.61 Å². The fraction of sp³-hybridized carbons (Fsp3) is 0.389.